The van der Waals surface area contributed by atoms with Gasteiger partial charge in [0.15, 0.2) is 5.84 Å². The van der Waals surface area contributed by atoms with E-state index in [9.17, 15) is 13.2 Å². The topological polar surface area (TPSA) is 123 Å². The quantitative estimate of drug-likeness (QED) is 0.197. The highest BCUT2D eigenvalue weighted by Gasteiger charge is 2.30. The van der Waals surface area contributed by atoms with Crippen LogP contribution in [0.3, 0.4) is 0 Å². The third-order valence-electron chi connectivity index (χ3n) is 4.78. The van der Waals surface area contributed by atoms with Crippen molar-refractivity contribution in [3.05, 3.63) is 70.2 Å². The molecule has 3 rings (SSSR count). The Morgan fingerprint density at radius 3 is 2.22 bits per heavy atom. The number of ether oxygens (including phenoxy) is 1. The summed E-state index contributed by atoms with van der Waals surface area (Å²) in [6, 6.07) is 13.9. The van der Waals surface area contributed by atoms with Crippen LogP contribution in [0.15, 0.2) is 64.5 Å². The molecule has 0 heterocycles. The number of esters is 1. The van der Waals surface area contributed by atoms with Gasteiger partial charge in [0.1, 0.15) is 12.1 Å². The van der Waals surface area contributed by atoms with Gasteiger partial charge in [-0.3, -0.25) is 14.5 Å². The molecule has 0 fully saturated rings. The van der Waals surface area contributed by atoms with Gasteiger partial charge in [0.2, 0.25) is 0 Å². The molecular formula is C25H26Cl2N3O5S+. The van der Waals surface area contributed by atoms with E-state index in [0.29, 0.717) is 10.9 Å². The number of benzene rings is 3. The Balaban J connectivity index is 2.15. The zero-order chi connectivity index (χ0) is 26.8. The van der Waals surface area contributed by atoms with E-state index in [-0.39, 0.29) is 32.4 Å². The Bertz CT molecular complexity index is 1460. The number of halogens is 2. The predicted molar refractivity (Wildman–Crippen MR) is 144 cm³/mol. The lowest BCUT2D eigenvalue weighted by atomic mass is 10.1. The summed E-state index contributed by atoms with van der Waals surface area (Å²) in [5.74, 6) is -0.847. The molecule has 0 atom stereocenters. The SMILES string of the molecule is CC([OH2+])=NC(=N)c1ccc2ccc(N(CC(=O)OC(C)(C)C)S(=O)(=O)c3cc(Cl)cc(Cl)c3)cc2c1. The minimum atomic E-state index is -4.29. The lowest BCUT2D eigenvalue weighted by Gasteiger charge is -2.26. The van der Waals surface area contributed by atoms with Crippen LogP contribution in [0, 0.1) is 5.41 Å². The average Bonchev–Trinajstić information content (AvgIpc) is 2.74. The summed E-state index contributed by atoms with van der Waals surface area (Å²) in [5.41, 5.74) is -0.163. The number of amidine groups is 1. The summed E-state index contributed by atoms with van der Waals surface area (Å²) in [7, 11) is -4.29. The monoisotopic (exact) mass is 550 g/mol. The van der Waals surface area contributed by atoms with E-state index < -0.39 is 28.1 Å². The van der Waals surface area contributed by atoms with Crippen LogP contribution < -0.4 is 4.31 Å². The number of aliphatic imine (C=N–C) groups is 1. The molecule has 8 nitrogen and oxygen atoms in total. The molecule has 3 aromatic carbocycles. The average molecular weight is 551 g/mol. The number of fused-ring (bicyclic) bond motifs is 1. The van der Waals surface area contributed by atoms with Crippen LogP contribution in [0.5, 0.6) is 0 Å². The van der Waals surface area contributed by atoms with Crippen LogP contribution in [0.4, 0.5) is 5.69 Å². The maximum absolute atomic E-state index is 13.7. The van der Waals surface area contributed by atoms with E-state index in [1.165, 1.54) is 25.1 Å². The summed E-state index contributed by atoms with van der Waals surface area (Å²) >= 11 is 12.1. The predicted octanol–water partition coefficient (Wildman–Crippen LogP) is 5.15. The normalized spacial score (nSPS) is 12.4. The first kappa shape index (κ1) is 27.4. The number of rotatable bonds is 6. The van der Waals surface area contributed by atoms with Crippen molar-refractivity contribution in [2.75, 3.05) is 10.8 Å². The van der Waals surface area contributed by atoms with Crippen molar-refractivity contribution >= 4 is 67.4 Å². The van der Waals surface area contributed by atoms with Crippen molar-refractivity contribution in [2.45, 2.75) is 38.2 Å². The molecule has 11 heteroatoms. The molecule has 0 radical (unpaired) electrons. The van der Waals surface area contributed by atoms with Gasteiger partial charge in [0.05, 0.1) is 17.5 Å². The van der Waals surface area contributed by atoms with Crippen LogP contribution in [0.1, 0.15) is 33.3 Å². The van der Waals surface area contributed by atoms with E-state index in [2.05, 4.69) is 4.99 Å². The Morgan fingerprint density at radius 2 is 1.64 bits per heavy atom. The Kier molecular flexibility index (Phi) is 7.97. The molecule has 0 bridgehead atoms. The summed E-state index contributed by atoms with van der Waals surface area (Å²) < 4.78 is 33.7. The van der Waals surface area contributed by atoms with Crippen molar-refractivity contribution in [1.82, 2.24) is 0 Å². The van der Waals surface area contributed by atoms with Gasteiger partial charge in [-0.05, 0) is 67.9 Å². The van der Waals surface area contributed by atoms with E-state index >= 15 is 0 Å². The lowest BCUT2D eigenvalue weighted by Crippen LogP contribution is -2.39. The van der Waals surface area contributed by atoms with E-state index in [4.69, 9.17) is 38.5 Å². The number of sulfonamides is 1. The summed E-state index contributed by atoms with van der Waals surface area (Å²) in [5, 5.41) is 17.2. The number of carbonyl (C=O) groups excluding carboxylic acids is 1. The van der Waals surface area contributed by atoms with Crippen LogP contribution in [-0.2, 0) is 19.6 Å². The fourth-order valence-electron chi connectivity index (χ4n) is 3.38. The fraction of sp³-hybridized carbons (Fsp3) is 0.240. The molecule has 0 aliphatic heterocycles. The standard InChI is InChI=1S/C25H25Cl2N3O5S/c1-15(31)29-24(28)17-6-5-16-7-8-21(10-18(16)9-17)30(14-23(32)35-25(2,3)4)36(33,34)22-12-19(26)11-20(27)13-22/h5-13H,14H2,1-4H3,(H2,28,29,31)/p+1. The number of nitrogens with one attached hydrogen (secondary N) is 1. The van der Waals surface area contributed by atoms with Crippen LogP contribution in [-0.4, -0.2) is 43.4 Å². The van der Waals surface area contributed by atoms with Gasteiger partial charge in [0, 0.05) is 15.6 Å². The van der Waals surface area contributed by atoms with E-state index in [0.717, 1.165) is 9.69 Å². The molecule has 190 valence electrons. The maximum atomic E-state index is 13.7. The molecular weight excluding hydrogens is 525 g/mol. The molecule has 0 amide bonds. The van der Waals surface area contributed by atoms with Crippen molar-refractivity contribution in [2.24, 2.45) is 4.99 Å². The van der Waals surface area contributed by atoms with Gasteiger partial charge in [-0.25, -0.2) is 8.42 Å². The first-order valence-electron chi connectivity index (χ1n) is 10.8. The maximum Gasteiger partial charge on any atom is 0.329 e. The van der Waals surface area contributed by atoms with Crippen molar-refractivity contribution in [3.8, 4) is 0 Å². The molecule has 0 aliphatic rings. The third kappa shape index (κ3) is 6.75. The van der Waals surface area contributed by atoms with Crippen molar-refractivity contribution in [1.29, 1.82) is 5.41 Å². The number of nitrogens with zero attached hydrogens (tertiary/aromatic N) is 2. The van der Waals surface area contributed by atoms with Gasteiger partial charge >= 0.3 is 11.9 Å². The smallest absolute Gasteiger partial charge is 0.329 e. The largest absolute Gasteiger partial charge is 0.582 e. The zero-order valence-corrected chi connectivity index (χ0v) is 22.4. The number of hydrogen-bond donors (Lipinski definition) is 1. The van der Waals surface area contributed by atoms with Crippen molar-refractivity contribution in [3.63, 3.8) is 0 Å². The van der Waals surface area contributed by atoms with E-state index in [1.54, 1.807) is 57.2 Å². The van der Waals surface area contributed by atoms with Gasteiger partial charge in [-0.15, -0.1) is 0 Å². The molecule has 0 saturated carbocycles. The highest BCUT2D eigenvalue weighted by Crippen LogP contribution is 2.31. The molecule has 36 heavy (non-hydrogen) atoms. The molecule has 0 saturated heterocycles. The van der Waals surface area contributed by atoms with Gasteiger partial charge in [-0.1, -0.05) is 41.4 Å². The Morgan fingerprint density at radius 1 is 1.03 bits per heavy atom. The summed E-state index contributed by atoms with van der Waals surface area (Å²) in [6.07, 6.45) is 0. The molecule has 0 aliphatic carbocycles. The Labute approximate surface area is 219 Å². The van der Waals surface area contributed by atoms with E-state index in [1.807, 2.05) is 0 Å². The fourth-order valence-corrected chi connectivity index (χ4v) is 5.51. The highest BCUT2D eigenvalue weighted by atomic mass is 35.5. The molecule has 0 aromatic heterocycles. The summed E-state index contributed by atoms with van der Waals surface area (Å²) in [6.45, 7) is 5.94. The van der Waals surface area contributed by atoms with Crippen LogP contribution in [0.2, 0.25) is 10.0 Å². The second kappa shape index (κ2) is 10.5. The first-order chi connectivity index (χ1) is 16.7. The minimum absolute atomic E-state index is 0.0105. The Hall–Kier alpha value is -3.14. The molecule has 3 aromatic rings. The minimum Gasteiger partial charge on any atom is -0.582 e. The van der Waals surface area contributed by atoms with Gasteiger partial charge in [-0.2, -0.15) is 4.99 Å². The zero-order valence-electron chi connectivity index (χ0n) is 20.1. The van der Waals surface area contributed by atoms with Crippen LogP contribution in [0.25, 0.3) is 10.8 Å². The number of anilines is 1. The number of hydrogen-bond acceptors (Lipinski definition) is 5. The second-order valence-electron chi connectivity index (χ2n) is 9.00. The third-order valence-corrected chi connectivity index (χ3v) is 6.97. The molecule has 0 unspecified atom stereocenters. The van der Waals surface area contributed by atoms with Gasteiger partial charge < -0.3 is 9.84 Å². The molecule has 0 spiro atoms. The first-order valence-corrected chi connectivity index (χ1v) is 13.0. The lowest BCUT2D eigenvalue weighted by molar-refractivity contribution is -0.152. The second-order valence-corrected chi connectivity index (χ2v) is 11.7. The van der Waals surface area contributed by atoms with Crippen molar-refractivity contribution < 1.29 is 23.1 Å². The highest BCUT2D eigenvalue weighted by molar-refractivity contribution is 7.92. The molecule has 3 N–H and O–H groups in total. The number of carbonyl (C=O) groups is 1. The van der Waals surface area contributed by atoms with Crippen LogP contribution >= 0.6 is 23.2 Å². The summed E-state index contributed by atoms with van der Waals surface area (Å²) in [4.78, 5) is 16.4. The van der Waals surface area contributed by atoms with Gasteiger partial charge in [0.25, 0.3) is 10.0 Å².